The highest BCUT2D eigenvalue weighted by atomic mass is 16.6. The van der Waals surface area contributed by atoms with Gasteiger partial charge in [-0.1, -0.05) is 29.3 Å². The van der Waals surface area contributed by atoms with Gasteiger partial charge >= 0.3 is 0 Å². The lowest BCUT2D eigenvalue weighted by Crippen LogP contribution is -2.48. The van der Waals surface area contributed by atoms with Crippen LogP contribution in [0.2, 0.25) is 0 Å². The molecule has 0 aromatic heterocycles. The summed E-state index contributed by atoms with van der Waals surface area (Å²) in [7, 11) is 1.80. The van der Waals surface area contributed by atoms with Crippen LogP contribution in [-0.2, 0) is 4.79 Å². The number of amides is 2. The second-order valence-electron chi connectivity index (χ2n) is 8.68. The summed E-state index contributed by atoms with van der Waals surface area (Å²) in [6.07, 6.45) is 1.42. The highest BCUT2D eigenvalue weighted by Crippen LogP contribution is 2.31. The Morgan fingerprint density at radius 2 is 1.81 bits per heavy atom. The molecule has 2 atom stereocenters. The third-order valence-corrected chi connectivity index (χ3v) is 5.95. The molecule has 31 heavy (non-hydrogen) atoms. The Kier molecular flexibility index (Phi) is 6.16. The van der Waals surface area contributed by atoms with Crippen molar-refractivity contribution in [2.24, 2.45) is 5.92 Å². The molecule has 6 nitrogen and oxygen atoms in total. The van der Waals surface area contributed by atoms with Crippen molar-refractivity contribution in [1.29, 1.82) is 0 Å². The molecule has 2 heterocycles. The van der Waals surface area contributed by atoms with Crippen LogP contribution in [0.5, 0.6) is 11.5 Å². The third-order valence-electron chi connectivity index (χ3n) is 5.95. The monoisotopic (exact) mass is 422 g/mol. The molecule has 2 aliphatic rings. The van der Waals surface area contributed by atoms with Crippen molar-refractivity contribution in [2.75, 3.05) is 33.3 Å². The lowest BCUT2D eigenvalue weighted by Gasteiger charge is -2.35. The number of ether oxygens (including phenoxy) is 2. The van der Waals surface area contributed by atoms with E-state index >= 15 is 0 Å². The third kappa shape index (κ3) is 4.84. The quantitative estimate of drug-likeness (QED) is 0.757. The zero-order valence-electron chi connectivity index (χ0n) is 18.5. The minimum atomic E-state index is -0.208. The highest BCUT2D eigenvalue weighted by molar-refractivity contribution is 5.95. The zero-order valence-corrected chi connectivity index (χ0v) is 18.5. The van der Waals surface area contributed by atoms with Gasteiger partial charge in [0.05, 0.1) is 12.5 Å². The number of carbonyl (C=O) groups excluding carboxylic acids is 2. The Bertz CT molecular complexity index is 953. The Morgan fingerprint density at radius 3 is 2.55 bits per heavy atom. The van der Waals surface area contributed by atoms with Crippen molar-refractivity contribution >= 4 is 11.8 Å². The predicted molar refractivity (Wildman–Crippen MR) is 119 cm³/mol. The van der Waals surface area contributed by atoms with Gasteiger partial charge in [-0.2, -0.15) is 0 Å². The number of hydrogen-bond acceptors (Lipinski definition) is 4. The van der Waals surface area contributed by atoms with Crippen molar-refractivity contribution in [2.45, 2.75) is 32.8 Å². The standard InChI is InChI=1S/C25H30N2O4/c1-17-11-18(2)13-20(12-17)25(29)27-10-6-7-19(14-27)24(28)26(3)15-21-16-30-22-8-4-5-9-23(22)31-21/h4-5,8-9,11-13,19,21H,6-7,10,14-16H2,1-3H3. The van der Waals surface area contributed by atoms with E-state index in [1.165, 1.54) is 0 Å². The van der Waals surface area contributed by atoms with Gasteiger partial charge in [-0.3, -0.25) is 9.59 Å². The van der Waals surface area contributed by atoms with E-state index in [1.807, 2.05) is 55.1 Å². The van der Waals surface area contributed by atoms with Gasteiger partial charge in [0.1, 0.15) is 6.61 Å². The Hall–Kier alpha value is -3.02. The van der Waals surface area contributed by atoms with Crippen LogP contribution >= 0.6 is 0 Å². The lowest BCUT2D eigenvalue weighted by atomic mass is 9.95. The fourth-order valence-electron chi connectivity index (χ4n) is 4.50. The van der Waals surface area contributed by atoms with Crippen LogP contribution in [0.15, 0.2) is 42.5 Å². The molecule has 0 radical (unpaired) electrons. The lowest BCUT2D eigenvalue weighted by molar-refractivity contribution is -0.137. The van der Waals surface area contributed by atoms with Gasteiger partial charge in [0.25, 0.3) is 5.91 Å². The van der Waals surface area contributed by atoms with Crippen LogP contribution in [0.4, 0.5) is 0 Å². The van der Waals surface area contributed by atoms with E-state index in [1.54, 1.807) is 11.9 Å². The molecule has 0 N–H and O–H groups in total. The van der Waals surface area contributed by atoms with Crippen LogP contribution in [0.1, 0.15) is 34.3 Å². The van der Waals surface area contributed by atoms with Crippen LogP contribution in [0, 0.1) is 19.8 Å². The molecular formula is C25H30N2O4. The summed E-state index contributed by atoms with van der Waals surface area (Å²) < 4.78 is 11.8. The van der Waals surface area contributed by atoms with E-state index < -0.39 is 0 Å². The minimum Gasteiger partial charge on any atom is -0.486 e. The fraction of sp³-hybridized carbons (Fsp3) is 0.440. The van der Waals surface area contributed by atoms with Crippen molar-refractivity contribution in [3.63, 3.8) is 0 Å². The molecule has 1 saturated heterocycles. The molecule has 2 amide bonds. The van der Waals surface area contributed by atoms with Crippen molar-refractivity contribution in [1.82, 2.24) is 9.80 Å². The van der Waals surface area contributed by atoms with Crippen molar-refractivity contribution < 1.29 is 19.1 Å². The first-order valence-corrected chi connectivity index (χ1v) is 10.9. The molecule has 2 unspecified atom stereocenters. The number of nitrogens with zero attached hydrogens (tertiary/aromatic N) is 2. The normalized spacial score (nSPS) is 20.3. The average molecular weight is 423 g/mol. The number of likely N-dealkylation sites (tertiary alicyclic amines) is 1. The second kappa shape index (κ2) is 9.00. The molecule has 0 aliphatic carbocycles. The van der Waals surface area contributed by atoms with Crippen LogP contribution in [0.3, 0.4) is 0 Å². The molecule has 0 saturated carbocycles. The SMILES string of the molecule is Cc1cc(C)cc(C(=O)N2CCCC(C(=O)N(C)CC3COc4ccccc4O3)C2)c1. The molecule has 2 aromatic rings. The van der Waals surface area contributed by atoms with E-state index in [2.05, 4.69) is 6.07 Å². The molecule has 0 bridgehead atoms. The number of piperidine rings is 1. The molecule has 2 aliphatic heterocycles. The maximum Gasteiger partial charge on any atom is 0.253 e. The van der Waals surface area contributed by atoms with E-state index in [0.29, 0.717) is 37.6 Å². The van der Waals surface area contributed by atoms with Crippen molar-refractivity contribution in [3.05, 3.63) is 59.2 Å². The maximum absolute atomic E-state index is 13.1. The van der Waals surface area contributed by atoms with Crippen LogP contribution in [0.25, 0.3) is 0 Å². The van der Waals surface area contributed by atoms with Gasteiger partial charge in [0.2, 0.25) is 5.91 Å². The summed E-state index contributed by atoms with van der Waals surface area (Å²) >= 11 is 0. The topological polar surface area (TPSA) is 59.1 Å². The maximum atomic E-state index is 13.1. The Labute approximate surface area is 183 Å². The number of para-hydroxylation sites is 2. The second-order valence-corrected chi connectivity index (χ2v) is 8.68. The smallest absolute Gasteiger partial charge is 0.253 e. The van der Waals surface area contributed by atoms with Gasteiger partial charge in [-0.05, 0) is 51.0 Å². The van der Waals surface area contributed by atoms with Gasteiger partial charge in [-0.15, -0.1) is 0 Å². The number of aryl methyl sites for hydroxylation is 2. The molecule has 164 valence electrons. The number of hydrogen-bond donors (Lipinski definition) is 0. The summed E-state index contributed by atoms with van der Waals surface area (Å²) in [4.78, 5) is 29.7. The van der Waals surface area contributed by atoms with Gasteiger partial charge in [-0.25, -0.2) is 0 Å². The molecule has 4 rings (SSSR count). The average Bonchev–Trinajstić information content (AvgIpc) is 2.77. The van der Waals surface area contributed by atoms with E-state index in [-0.39, 0.29) is 23.8 Å². The van der Waals surface area contributed by atoms with Gasteiger partial charge in [0.15, 0.2) is 17.6 Å². The Balaban J connectivity index is 1.36. The first-order chi connectivity index (χ1) is 14.9. The van der Waals surface area contributed by atoms with Crippen molar-refractivity contribution in [3.8, 4) is 11.5 Å². The first-order valence-electron chi connectivity index (χ1n) is 10.9. The summed E-state index contributed by atoms with van der Waals surface area (Å²) in [6, 6.07) is 13.5. The number of benzene rings is 2. The summed E-state index contributed by atoms with van der Waals surface area (Å²) in [5, 5.41) is 0. The van der Waals surface area contributed by atoms with Crippen LogP contribution < -0.4 is 9.47 Å². The predicted octanol–water partition coefficient (Wildman–Crippen LogP) is 3.45. The zero-order chi connectivity index (χ0) is 22.0. The van der Waals surface area contributed by atoms with E-state index in [9.17, 15) is 9.59 Å². The number of likely N-dealkylation sites (N-methyl/N-ethyl adjacent to an activating group) is 1. The van der Waals surface area contributed by atoms with Crippen LogP contribution in [-0.4, -0.2) is 61.0 Å². The summed E-state index contributed by atoms with van der Waals surface area (Å²) in [5.74, 6) is 1.32. The molecule has 1 fully saturated rings. The molecule has 0 spiro atoms. The number of rotatable bonds is 4. The van der Waals surface area contributed by atoms with Gasteiger partial charge in [0, 0.05) is 25.7 Å². The molecule has 6 heteroatoms. The number of carbonyl (C=O) groups is 2. The largest absolute Gasteiger partial charge is 0.486 e. The fourth-order valence-corrected chi connectivity index (χ4v) is 4.50. The van der Waals surface area contributed by atoms with E-state index in [4.69, 9.17) is 9.47 Å². The minimum absolute atomic E-state index is 0.00701. The Morgan fingerprint density at radius 1 is 1.10 bits per heavy atom. The number of fused-ring (bicyclic) bond motifs is 1. The highest BCUT2D eigenvalue weighted by Gasteiger charge is 2.32. The first kappa shape index (κ1) is 21.2. The summed E-state index contributed by atoms with van der Waals surface area (Å²) in [6.45, 7) is 6.01. The van der Waals surface area contributed by atoms with E-state index in [0.717, 1.165) is 29.7 Å². The molecular weight excluding hydrogens is 392 g/mol. The molecule has 2 aromatic carbocycles. The summed E-state index contributed by atoms with van der Waals surface area (Å²) in [5.41, 5.74) is 2.85. The van der Waals surface area contributed by atoms with Gasteiger partial charge < -0.3 is 19.3 Å².